The molecule has 0 aromatic carbocycles. The third-order valence-electron chi connectivity index (χ3n) is 1.10. The Morgan fingerprint density at radius 3 is 2.09 bits per heavy atom. The van der Waals surface area contributed by atoms with Crippen molar-refractivity contribution in [3.63, 3.8) is 0 Å². The van der Waals surface area contributed by atoms with Crippen LogP contribution in [-0.4, -0.2) is 31.5 Å². The Morgan fingerprint density at radius 2 is 1.82 bits per heavy atom. The summed E-state index contributed by atoms with van der Waals surface area (Å²) in [6.45, 7) is 5.02. The molecular weight excluding hydrogens is 162 g/mol. The average Bonchev–Trinajstić information content (AvgIpc) is 2.03. The summed E-state index contributed by atoms with van der Waals surface area (Å²) in [4.78, 5) is 0.591. The molecule has 0 bridgehead atoms. The molecule has 11 heavy (non-hydrogen) atoms. The summed E-state index contributed by atoms with van der Waals surface area (Å²) in [6.07, 6.45) is -0.384. The Bertz CT molecular complexity index is 113. The van der Waals surface area contributed by atoms with E-state index in [9.17, 15) is 0 Å². The smallest absolute Gasteiger partial charge is 0.209 e. The minimum absolute atomic E-state index is 0.384. The van der Waals surface area contributed by atoms with Gasteiger partial charge < -0.3 is 14.8 Å². The standard InChI is InChI=1S/C7H15NO2S/c1-4-9-7(10-5-2)6(11)8-3/h7H,4-5H2,1-3H3,(H,8,11). The van der Waals surface area contributed by atoms with Crippen LogP contribution < -0.4 is 5.32 Å². The number of hydrogen-bond donors (Lipinski definition) is 1. The predicted molar refractivity (Wildman–Crippen MR) is 48.7 cm³/mol. The molecule has 0 spiro atoms. The Kier molecular flexibility index (Phi) is 6.40. The number of nitrogens with one attached hydrogen (secondary N) is 1. The highest BCUT2D eigenvalue weighted by molar-refractivity contribution is 7.80. The van der Waals surface area contributed by atoms with E-state index in [1.807, 2.05) is 13.8 Å². The van der Waals surface area contributed by atoms with Gasteiger partial charge in [0.05, 0.1) is 0 Å². The minimum atomic E-state index is -0.384. The molecule has 0 heterocycles. The van der Waals surface area contributed by atoms with Crippen molar-refractivity contribution in [3.05, 3.63) is 0 Å². The van der Waals surface area contributed by atoms with E-state index >= 15 is 0 Å². The second-order valence-electron chi connectivity index (χ2n) is 1.86. The van der Waals surface area contributed by atoms with Crippen LogP contribution in [0.25, 0.3) is 0 Å². The Morgan fingerprint density at radius 1 is 1.36 bits per heavy atom. The zero-order valence-electron chi connectivity index (χ0n) is 7.22. The molecule has 0 rings (SSSR count). The normalized spacial score (nSPS) is 10.2. The van der Waals surface area contributed by atoms with Crippen LogP contribution in [0.3, 0.4) is 0 Å². The number of hydrogen-bond acceptors (Lipinski definition) is 3. The quantitative estimate of drug-likeness (QED) is 0.500. The van der Waals surface area contributed by atoms with Gasteiger partial charge in [0.1, 0.15) is 4.99 Å². The monoisotopic (exact) mass is 177 g/mol. The summed E-state index contributed by atoms with van der Waals surface area (Å²) in [7, 11) is 1.76. The molecule has 0 aromatic rings. The molecular formula is C7H15NO2S. The van der Waals surface area contributed by atoms with E-state index in [0.717, 1.165) is 0 Å². The van der Waals surface area contributed by atoms with Gasteiger partial charge in [0, 0.05) is 20.3 Å². The number of rotatable bonds is 5. The first-order chi connectivity index (χ1) is 5.26. The lowest BCUT2D eigenvalue weighted by molar-refractivity contribution is -0.0900. The maximum atomic E-state index is 5.21. The first-order valence-electron chi connectivity index (χ1n) is 3.71. The molecule has 0 unspecified atom stereocenters. The summed E-state index contributed by atoms with van der Waals surface area (Å²) < 4.78 is 10.4. The molecule has 0 radical (unpaired) electrons. The van der Waals surface area contributed by atoms with Crippen LogP contribution in [0.1, 0.15) is 13.8 Å². The Labute approximate surface area is 73.1 Å². The van der Waals surface area contributed by atoms with E-state index in [0.29, 0.717) is 18.2 Å². The van der Waals surface area contributed by atoms with Crippen LogP contribution in [0.2, 0.25) is 0 Å². The third kappa shape index (κ3) is 4.29. The molecule has 0 amide bonds. The SMILES string of the molecule is CCOC(OCC)C(=S)NC. The van der Waals surface area contributed by atoms with E-state index in [1.54, 1.807) is 7.05 Å². The number of thiocarbonyl (C=S) groups is 1. The van der Waals surface area contributed by atoms with Crippen molar-refractivity contribution >= 4 is 17.2 Å². The van der Waals surface area contributed by atoms with Gasteiger partial charge in [0.25, 0.3) is 0 Å². The van der Waals surface area contributed by atoms with Crippen LogP contribution in [0.5, 0.6) is 0 Å². The molecule has 0 aliphatic rings. The molecule has 1 N–H and O–H groups in total. The van der Waals surface area contributed by atoms with Crippen molar-refractivity contribution in [3.8, 4) is 0 Å². The number of ether oxygens (including phenoxy) is 2. The molecule has 0 atom stereocenters. The first kappa shape index (κ1) is 10.8. The Balaban J connectivity index is 3.76. The van der Waals surface area contributed by atoms with E-state index in [4.69, 9.17) is 21.7 Å². The predicted octanol–water partition coefficient (Wildman–Crippen LogP) is 0.932. The highest BCUT2D eigenvalue weighted by Gasteiger charge is 2.11. The van der Waals surface area contributed by atoms with Crippen LogP contribution in [0.15, 0.2) is 0 Å². The fourth-order valence-electron chi connectivity index (χ4n) is 0.620. The summed E-state index contributed by atoms with van der Waals surface area (Å²) >= 11 is 4.95. The minimum Gasteiger partial charge on any atom is -0.379 e. The molecule has 0 saturated carbocycles. The first-order valence-corrected chi connectivity index (χ1v) is 4.11. The molecule has 4 heteroatoms. The van der Waals surface area contributed by atoms with Gasteiger partial charge in [0.2, 0.25) is 6.29 Å². The molecule has 0 saturated heterocycles. The molecule has 66 valence electrons. The van der Waals surface area contributed by atoms with Gasteiger partial charge >= 0.3 is 0 Å². The Hall–Kier alpha value is -0.190. The summed E-state index contributed by atoms with van der Waals surface area (Å²) in [5, 5.41) is 2.82. The van der Waals surface area contributed by atoms with Crippen molar-refractivity contribution in [1.82, 2.24) is 5.32 Å². The zero-order chi connectivity index (χ0) is 8.69. The van der Waals surface area contributed by atoms with Crippen LogP contribution >= 0.6 is 12.2 Å². The summed E-state index contributed by atoms with van der Waals surface area (Å²) in [5.41, 5.74) is 0. The van der Waals surface area contributed by atoms with Gasteiger partial charge in [-0.3, -0.25) is 0 Å². The van der Waals surface area contributed by atoms with Crippen LogP contribution in [0.4, 0.5) is 0 Å². The van der Waals surface area contributed by atoms with Crippen molar-refractivity contribution in [1.29, 1.82) is 0 Å². The van der Waals surface area contributed by atoms with Gasteiger partial charge in [-0.2, -0.15) is 0 Å². The maximum absolute atomic E-state index is 5.21. The average molecular weight is 177 g/mol. The lowest BCUT2D eigenvalue weighted by atomic mass is 10.6. The third-order valence-corrected chi connectivity index (χ3v) is 1.49. The van der Waals surface area contributed by atoms with Crippen LogP contribution in [0, 0.1) is 0 Å². The van der Waals surface area contributed by atoms with E-state index in [-0.39, 0.29) is 6.29 Å². The van der Waals surface area contributed by atoms with Gasteiger partial charge in [-0.15, -0.1) is 0 Å². The second kappa shape index (κ2) is 6.52. The summed E-state index contributed by atoms with van der Waals surface area (Å²) in [6, 6.07) is 0. The zero-order valence-corrected chi connectivity index (χ0v) is 8.03. The number of likely N-dealkylation sites (N-methyl/N-ethyl adjacent to an activating group) is 1. The van der Waals surface area contributed by atoms with E-state index < -0.39 is 0 Å². The van der Waals surface area contributed by atoms with E-state index in [1.165, 1.54) is 0 Å². The van der Waals surface area contributed by atoms with Gasteiger partial charge in [-0.1, -0.05) is 12.2 Å². The highest BCUT2D eigenvalue weighted by Crippen LogP contribution is 1.96. The lowest BCUT2D eigenvalue weighted by Crippen LogP contribution is -2.34. The van der Waals surface area contributed by atoms with Gasteiger partial charge in [0.15, 0.2) is 0 Å². The van der Waals surface area contributed by atoms with Crippen molar-refractivity contribution in [2.45, 2.75) is 20.1 Å². The fraction of sp³-hybridized carbons (Fsp3) is 0.857. The maximum Gasteiger partial charge on any atom is 0.209 e. The fourth-order valence-corrected chi connectivity index (χ4v) is 0.756. The lowest BCUT2D eigenvalue weighted by Gasteiger charge is -2.16. The molecule has 3 nitrogen and oxygen atoms in total. The van der Waals surface area contributed by atoms with Crippen molar-refractivity contribution < 1.29 is 9.47 Å². The van der Waals surface area contributed by atoms with E-state index in [2.05, 4.69) is 5.32 Å². The second-order valence-corrected chi connectivity index (χ2v) is 2.30. The molecule has 0 aliphatic carbocycles. The molecule has 0 fully saturated rings. The van der Waals surface area contributed by atoms with Crippen molar-refractivity contribution in [2.75, 3.05) is 20.3 Å². The highest BCUT2D eigenvalue weighted by atomic mass is 32.1. The van der Waals surface area contributed by atoms with Crippen LogP contribution in [-0.2, 0) is 9.47 Å². The topological polar surface area (TPSA) is 30.5 Å². The van der Waals surface area contributed by atoms with Gasteiger partial charge in [-0.25, -0.2) is 0 Å². The summed E-state index contributed by atoms with van der Waals surface area (Å²) in [5.74, 6) is 0. The van der Waals surface area contributed by atoms with Gasteiger partial charge in [-0.05, 0) is 13.8 Å². The molecule has 0 aromatic heterocycles. The molecule has 0 aliphatic heterocycles. The van der Waals surface area contributed by atoms with Crippen molar-refractivity contribution in [2.24, 2.45) is 0 Å². The largest absolute Gasteiger partial charge is 0.379 e.